The molecule has 208 valence electrons. The lowest BCUT2D eigenvalue weighted by Gasteiger charge is -2.36. The van der Waals surface area contributed by atoms with Gasteiger partial charge >= 0.3 is 6.18 Å². The minimum atomic E-state index is -4.83. The number of hydrogen-bond acceptors (Lipinski definition) is 6. The summed E-state index contributed by atoms with van der Waals surface area (Å²) in [5.74, 6) is 0.247. The lowest BCUT2D eigenvalue weighted by Crippen LogP contribution is -2.49. The molecule has 0 bridgehead atoms. The monoisotopic (exact) mass is 529 g/mol. The maximum Gasteiger partial charge on any atom is 0.423 e. The van der Waals surface area contributed by atoms with E-state index in [-0.39, 0.29) is 31.0 Å². The van der Waals surface area contributed by atoms with Gasteiger partial charge in [-0.05, 0) is 31.4 Å². The van der Waals surface area contributed by atoms with Gasteiger partial charge in [0, 0.05) is 76.5 Å². The van der Waals surface area contributed by atoms with Crippen LogP contribution in [0.3, 0.4) is 0 Å². The Kier molecular flexibility index (Phi) is 11.1. The number of nitro groups is 1. The van der Waals surface area contributed by atoms with Crippen molar-refractivity contribution < 1.29 is 27.7 Å². The highest BCUT2D eigenvalue weighted by atomic mass is 19.4. The highest BCUT2D eigenvalue weighted by Crippen LogP contribution is 2.37. The van der Waals surface area contributed by atoms with Gasteiger partial charge in [0.15, 0.2) is 0 Å². The van der Waals surface area contributed by atoms with E-state index >= 15 is 0 Å². The molecular formula is C25H38F3N5O4. The van der Waals surface area contributed by atoms with Crippen LogP contribution >= 0.6 is 0 Å². The van der Waals surface area contributed by atoms with E-state index in [1.54, 1.807) is 4.90 Å². The van der Waals surface area contributed by atoms with E-state index in [0.29, 0.717) is 58.4 Å². The number of benzene rings is 1. The van der Waals surface area contributed by atoms with Crippen LogP contribution in [0, 0.1) is 10.1 Å². The first-order chi connectivity index (χ1) is 17.1. The van der Waals surface area contributed by atoms with Crippen molar-refractivity contribution in [2.24, 2.45) is 0 Å². The number of nitrogens with zero attached hydrogens (tertiary/aromatic N) is 4. The van der Waals surface area contributed by atoms with E-state index in [1.807, 2.05) is 4.90 Å². The smallest absolute Gasteiger partial charge is 0.382 e. The molecule has 37 heavy (non-hydrogen) atoms. The summed E-state index contributed by atoms with van der Waals surface area (Å²) < 4.78 is 39.6. The van der Waals surface area contributed by atoms with Crippen LogP contribution in [-0.2, 0) is 15.8 Å². The molecule has 0 aromatic heterocycles. The first-order valence-electron chi connectivity index (χ1n) is 12.5. The van der Waals surface area contributed by atoms with E-state index < -0.39 is 22.4 Å². The van der Waals surface area contributed by atoms with Gasteiger partial charge in [0.1, 0.15) is 5.56 Å². The van der Waals surface area contributed by atoms with Crippen molar-refractivity contribution in [3.63, 3.8) is 0 Å². The lowest BCUT2D eigenvalue weighted by atomic mass is 10.0. The number of carbonyl (C=O) groups is 2. The van der Waals surface area contributed by atoms with Gasteiger partial charge < -0.3 is 15.1 Å². The number of nitro benzene ring substituents is 1. The molecule has 2 aliphatic heterocycles. The number of likely N-dealkylation sites (tertiary alicyclic amines) is 1. The summed E-state index contributed by atoms with van der Waals surface area (Å²) in [6.07, 6.45) is -0.801. The van der Waals surface area contributed by atoms with Gasteiger partial charge in [-0.15, -0.1) is 0 Å². The molecule has 2 aliphatic rings. The second-order valence-corrected chi connectivity index (χ2v) is 9.36. The minimum Gasteiger partial charge on any atom is -0.382 e. The molecule has 2 saturated heterocycles. The molecule has 1 aromatic carbocycles. The second kappa shape index (κ2) is 13.6. The van der Waals surface area contributed by atoms with Crippen molar-refractivity contribution in [1.29, 1.82) is 0 Å². The Bertz CT molecular complexity index is 927. The third-order valence-corrected chi connectivity index (χ3v) is 6.83. The average Bonchev–Trinajstić information content (AvgIpc) is 2.86. The van der Waals surface area contributed by atoms with Gasteiger partial charge in [-0.3, -0.25) is 24.6 Å². The molecule has 2 heterocycles. The Labute approximate surface area is 216 Å². The van der Waals surface area contributed by atoms with Crippen molar-refractivity contribution >= 4 is 23.2 Å². The van der Waals surface area contributed by atoms with Crippen LogP contribution in [-0.4, -0.2) is 83.3 Å². The summed E-state index contributed by atoms with van der Waals surface area (Å²) in [5, 5.41) is 14.0. The first kappa shape index (κ1) is 30.3. The number of alkyl halides is 3. The summed E-state index contributed by atoms with van der Waals surface area (Å²) in [6.45, 7) is 6.58. The third kappa shape index (κ3) is 8.58. The van der Waals surface area contributed by atoms with Crippen LogP contribution in [0.2, 0.25) is 0 Å². The van der Waals surface area contributed by atoms with Crippen LogP contribution in [0.15, 0.2) is 18.2 Å². The number of unbranched alkanes of at least 4 members (excludes halogenated alkanes) is 1. The van der Waals surface area contributed by atoms with Crippen molar-refractivity contribution in [2.45, 2.75) is 65.1 Å². The topological polar surface area (TPSA) is 99.0 Å². The number of piperidine rings is 1. The number of rotatable bonds is 9. The van der Waals surface area contributed by atoms with E-state index in [9.17, 15) is 32.9 Å². The standard InChI is InChI=1S/C24H34F3N5O4.CH4/c1-2-3-4-22(33)31-15-13-29(14-16-31)10-9-23(34)30-11-7-18(8-12-30)28-19-5-6-21(32(35)36)20(17-19)24(25,26)27;/h5-6,17-18,28H,2-4,7-16H2,1H3;1H4. The molecule has 0 radical (unpaired) electrons. The Morgan fingerprint density at radius 2 is 1.62 bits per heavy atom. The van der Waals surface area contributed by atoms with Crippen molar-refractivity contribution in [3.8, 4) is 0 Å². The molecule has 1 aromatic rings. The fourth-order valence-electron chi connectivity index (χ4n) is 4.64. The fraction of sp³-hybridized carbons (Fsp3) is 0.680. The van der Waals surface area contributed by atoms with Crippen LogP contribution in [0.4, 0.5) is 24.5 Å². The van der Waals surface area contributed by atoms with Crippen molar-refractivity contribution in [1.82, 2.24) is 14.7 Å². The molecule has 12 heteroatoms. The molecule has 0 atom stereocenters. The largest absolute Gasteiger partial charge is 0.423 e. The Balaban J connectivity index is 0.00000481. The molecule has 2 amide bonds. The Morgan fingerprint density at radius 3 is 2.19 bits per heavy atom. The number of hydrogen-bond donors (Lipinski definition) is 1. The number of halogens is 3. The summed E-state index contributed by atoms with van der Waals surface area (Å²) >= 11 is 0. The van der Waals surface area contributed by atoms with Crippen LogP contribution in [0.25, 0.3) is 0 Å². The summed E-state index contributed by atoms with van der Waals surface area (Å²) in [5.41, 5.74) is -2.08. The Hall–Kier alpha value is -2.89. The number of nitrogens with one attached hydrogen (secondary N) is 1. The molecule has 0 aliphatic carbocycles. The molecule has 2 fully saturated rings. The molecule has 0 saturated carbocycles. The molecule has 0 unspecified atom stereocenters. The number of amides is 2. The number of carbonyl (C=O) groups excluding carboxylic acids is 2. The van der Waals surface area contributed by atoms with Gasteiger partial charge in [0.2, 0.25) is 11.8 Å². The maximum atomic E-state index is 13.2. The van der Waals surface area contributed by atoms with E-state index in [4.69, 9.17) is 0 Å². The van der Waals surface area contributed by atoms with E-state index in [1.165, 1.54) is 6.07 Å². The van der Waals surface area contributed by atoms with Crippen molar-refractivity contribution in [3.05, 3.63) is 33.9 Å². The number of piperazine rings is 1. The molecule has 9 nitrogen and oxygen atoms in total. The predicted octanol–water partition coefficient (Wildman–Crippen LogP) is 4.38. The quantitative estimate of drug-likeness (QED) is 0.377. The Morgan fingerprint density at radius 1 is 1.03 bits per heavy atom. The number of anilines is 1. The predicted molar refractivity (Wildman–Crippen MR) is 135 cm³/mol. The highest BCUT2D eigenvalue weighted by Gasteiger charge is 2.38. The molecule has 1 N–H and O–H groups in total. The zero-order chi connectivity index (χ0) is 26.3. The minimum absolute atomic E-state index is 0. The SMILES string of the molecule is C.CCCCC(=O)N1CCN(CCC(=O)N2CCC(Nc3ccc([N+](=O)[O-])c(C(F)(F)F)c3)CC2)CC1. The molecule has 0 spiro atoms. The fourth-order valence-corrected chi connectivity index (χ4v) is 4.64. The van der Waals surface area contributed by atoms with Crippen LogP contribution in [0.5, 0.6) is 0 Å². The summed E-state index contributed by atoms with van der Waals surface area (Å²) in [4.78, 5) is 40.6. The van der Waals surface area contributed by atoms with E-state index in [2.05, 4.69) is 17.1 Å². The summed E-state index contributed by atoms with van der Waals surface area (Å²) in [7, 11) is 0. The van der Waals surface area contributed by atoms with Crippen molar-refractivity contribution in [2.75, 3.05) is 51.1 Å². The van der Waals surface area contributed by atoms with Gasteiger partial charge in [-0.25, -0.2) is 0 Å². The highest BCUT2D eigenvalue weighted by molar-refractivity contribution is 5.77. The third-order valence-electron chi connectivity index (χ3n) is 6.83. The zero-order valence-corrected chi connectivity index (χ0v) is 20.6. The lowest BCUT2D eigenvalue weighted by molar-refractivity contribution is -0.388. The van der Waals surface area contributed by atoms with Crippen LogP contribution < -0.4 is 5.32 Å². The molecular weight excluding hydrogens is 491 g/mol. The average molecular weight is 530 g/mol. The van der Waals surface area contributed by atoms with Gasteiger partial charge in [-0.2, -0.15) is 13.2 Å². The normalized spacial score (nSPS) is 17.3. The van der Waals surface area contributed by atoms with Gasteiger partial charge in [-0.1, -0.05) is 20.8 Å². The maximum absolute atomic E-state index is 13.2. The van der Waals surface area contributed by atoms with Gasteiger partial charge in [0.05, 0.1) is 4.92 Å². The second-order valence-electron chi connectivity index (χ2n) is 9.36. The zero-order valence-electron chi connectivity index (χ0n) is 20.6. The van der Waals surface area contributed by atoms with Crippen LogP contribution in [0.1, 0.15) is 58.4 Å². The molecule has 3 rings (SSSR count). The van der Waals surface area contributed by atoms with E-state index in [0.717, 1.165) is 38.1 Å². The summed E-state index contributed by atoms with van der Waals surface area (Å²) in [6, 6.07) is 2.79. The first-order valence-corrected chi connectivity index (χ1v) is 12.5. The van der Waals surface area contributed by atoms with Gasteiger partial charge in [0.25, 0.3) is 5.69 Å².